The molecule has 23 heavy (non-hydrogen) atoms. The minimum Gasteiger partial charge on any atom is -0.491 e. The average Bonchev–Trinajstić information content (AvgIpc) is 2.58. The van der Waals surface area contributed by atoms with Crippen molar-refractivity contribution in [3.8, 4) is 5.75 Å². The van der Waals surface area contributed by atoms with Gasteiger partial charge in [0.05, 0.1) is 6.54 Å². The van der Waals surface area contributed by atoms with Crippen LogP contribution in [0.2, 0.25) is 0 Å². The molecule has 4 heteroatoms. The van der Waals surface area contributed by atoms with Crippen LogP contribution in [0.3, 0.4) is 0 Å². The Labute approximate surface area is 140 Å². The van der Waals surface area contributed by atoms with Crippen LogP contribution in [0.5, 0.6) is 5.75 Å². The minimum absolute atomic E-state index is 0.0207. The van der Waals surface area contributed by atoms with Crippen molar-refractivity contribution in [2.75, 3.05) is 26.2 Å². The van der Waals surface area contributed by atoms with Crippen molar-refractivity contribution < 1.29 is 9.53 Å². The quantitative estimate of drug-likeness (QED) is 0.741. The topological polar surface area (TPSA) is 41.6 Å². The Kier molecular flexibility index (Phi) is 7.24. The Bertz CT molecular complexity index is 496. The number of ether oxygens (including phenoxy) is 1. The fraction of sp³-hybridized carbons (Fsp3) is 0.632. The van der Waals surface area contributed by atoms with Crippen LogP contribution in [-0.4, -0.2) is 37.2 Å². The Hall–Kier alpha value is -1.71. The highest BCUT2D eigenvalue weighted by atomic mass is 16.5. The molecule has 128 valence electrons. The SMILES string of the molecule is CCCN(CCC)C(=O)NCCOc1cccc2c1CCCC2. The molecule has 1 aromatic rings. The molecule has 0 spiro atoms. The van der Waals surface area contributed by atoms with E-state index in [1.54, 1.807) is 0 Å². The molecule has 0 saturated heterocycles. The smallest absolute Gasteiger partial charge is 0.317 e. The number of rotatable bonds is 8. The summed E-state index contributed by atoms with van der Waals surface area (Å²) < 4.78 is 5.92. The molecular formula is C19H30N2O2. The van der Waals surface area contributed by atoms with Crippen LogP contribution in [0.15, 0.2) is 18.2 Å². The lowest BCUT2D eigenvalue weighted by Gasteiger charge is -2.22. The highest BCUT2D eigenvalue weighted by Crippen LogP contribution is 2.29. The second-order valence-electron chi connectivity index (χ2n) is 6.17. The standard InChI is InChI=1S/C19H30N2O2/c1-3-13-21(14-4-2)19(22)20-12-15-23-18-11-7-9-16-8-5-6-10-17(16)18/h7,9,11H,3-6,8,10,12-15H2,1-2H3,(H,20,22). The molecule has 0 aliphatic heterocycles. The zero-order valence-electron chi connectivity index (χ0n) is 14.6. The summed E-state index contributed by atoms with van der Waals surface area (Å²) in [6, 6.07) is 6.35. The van der Waals surface area contributed by atoms with Gasteiger partial charge in [0.2, 0.25) is 0 Å². The van der Waals surface area contributed by atoms with Crippen LogP contribution in [0.4, 0.5) is 4.79 Å². The van der Waals surface area contributed by atoms with E-state index >= 15 is 0 Å². The van der Waals surface area contributed by atoms with Gasteiger partial charge < -0.3 is 15.0 Å². The third-order valence-electron chi connectivity index (χ3n) is 4.26. The van der Waals surface area contributed by atoms with Gasteiger partial charge >= 0.3 is 6.03 Å². The van der Waals surface area contributed by atoms with Crippen molar-refractivity contribution in [1.29, 1.82) is 0 Å². The molecule has 4 nitrogen and oxygen atoms in total. The van der Waals surface area contributed by atoms with Gasteiger partial charge in [-0.1, -0.05) is 26.0 Å². The summed E-state index contributed by atoms with van der Waals surface area (Å²) in [6.07, 6.45) is 6.76. The Morgan fingerprint density at radius 1 is 1.17 bits per heavy atom. The van der Waals surface area contributed by atoms with E-state index in [0.29, 0.717) is 13.2 Å². The van der Waals surface area contributed by atoms with E-state index in [0.717, 1.165) is 44.5 Å². The molecule has 1 aromatic carbocycles. The van der Waals surface area contributed by atoms with Gasteiger partial charge in [-0.2, -0.15) is 0 Å². The third kappa shape index (κ3) is 5.15. The third-order valence-corrected chi connectivity index (χ3v) is 4.26. The first kappa shape index (κ1) is 17.6. The zero-order chi connectivity index (χ0) is 16.5. The summed E-state index contributed by atoms with van der Waals surface area (Å²) in [5.74, 6) is 0.996. The molecule has 2 rings (SSSR count). The highest BCUT2D eigenvalue weighted by Gasteiger charge is 2.14. The summed E-state index contributed by atoms with van der Waals surface area (Å²) in [6.45, 7) is 6.88. The first-order valence-corrected chi connectivity index (χ1v) is 9.02. The molecule has 0 atom stereocenters. The Balaban J connectivity index is 1.78. The number of carbonyl (C=O) groups is 1. The van der Waals surface area contributed by atoms with Gasteiger partial charge in [0.1, 0.15) is 12.4 Å². The molecule has 1 aliphatic rings. The molecule has 0 unspecified atom stereocenters. The number of fused-ring (bicyclic) bond motifs is 1. The Morgan fingerprint density at radius 2 is 1.91 bits per heavy atom. The molecular weight excluding hydrogens is 288 g/mol. The molecule has 0 aromatic heterocycles. The lowest BCUT2D eigenvalue weighted by molar-refractivity contribution is 0.194. The molecule has 0 fully saturated rings. The summed E-state index contributed by atoms with van der Waals surface area (Å²) in [5.41, 5.74) is 2.79. The van der Waals surface area contributed by atoms with Gasteiger partial charge in [0.25, 0.3) is 0 Å². The van der Waals surface area contributed by atoms with Crippen molar-refractivity contribution in [2.45, 2.75) is 52.4 Å². The molecule has 0 heterocycles. The van der Waals surface area contributed by atoms with Crippen LogP contribution in [0.25, 0.3) is 0 Å². The van der Waals surface area contributed by atoms with Gasteiger partial charge in [-0.3, -0.25) is 0 Å². The number of hydrogen-bond acceptors (Lipinski definition) is 2. The summed E-state index contributed by atoms with van der Waals surface area (Å²) >= 11 is 0. The number of nitrogens with zero attached hydrogens (tertiary/aromatic N) is 1. The number of carbonyl (C=O) groups excluding carboxylic acids is 1. The van der Waals surface area contributed by atoms with E-state index in [-0.39, 0.29) is 6.03 Å². The fourth-order valence-electron chi connectivity index (χ4n) is 3.17. The maximum atomic E-state index is 12.1. The van der Waals surface area contributed by atoms with E-state index in [4.69, 9.17) is 4.74 Å². The lowest BCUT2D eigenvalue weighted by Crippen LogP contribution is -2.42. The van der Waals surface area contributed by atoms with Gasteiger partial charge in [-0.15, -0.1) is 0 Å². The van der Waals surface area contributed by atoms with Crippen molar-refractivity contribution in [3.05, 3.63) is 29.3 Å². The number of hydrogen-bond donors (Lipinski definition) is 1. The second kappa shape index (κ2) is 9.43. The van der Waals surface area contributed by atoms with Crippen molar-refractivity contribution in [2.24, 2.45) is 0 Å². The summed E-state index contributed by atoms with van der Waals surface area (Å²) in [7, 11) is 0. The van der Waals surface area contributed by atoms with Crippen LogP contribution >= 0.6 is 0 Å². The normalized spacial score (nSPS) is 13.3. The summed E-state index contributed by atoms with van der Waals surface area (Å²) in [5, 5.41) is 2.96. The van der Waals surface area contributed by atoms with Crippen LogP contribution < -0.4 is 10.1 Å². The van der Waals surface area contributed by atoms with Crippen molar-refractivity contribution in [1.82, 2.24) is 10.2 Å². The highest BCUT2D eigenvalue weighted by molar-refractivity contribution is 5.74. The van der Waals surface area contributed by atoms with E-state index in [1.165, 1.54) is 24.0 Å². The van der Waals surface area contributed by atoms with E-state index in [1.807, 2.05) is 11.0 Å². The van der Waals surface area contributed by atoms with Gasteiger partial charge in [-0.25, -0.2) is 4.79 Å². The summed E-state index contributed by atoms with van der Waals surface area (Å²) in [4.78, 5) is 14.0. The van der Waals surface area contributed by atoms with E-state index in [9.17, 15) is 4.79 Å². The number of benzene rings is 1. The molecule has 0 saturated carbocycles. The maximum absolute atomic E-state index is 12.1. The maximum Gasteiger partial charge on any atom is 0.317 e. The predicted molar refractivity (Wildman–Crippen MR) is 94.1 cm³/mol. The molecule has 0 radical (unpaired) electrons. The predicted octanol–water partition coefficient (Wildman–Crippen LogP) is 3.78. The van der Waals surface area contributed by atoms with Crippen LogP contribution in [0, 0.1) is 0 Å². The van der Waals surface area contributed by atoms with E-state index < -0.39 is 0 Å². The van der Waals surface area contributed by atoms with Gasteiger partial charge in [-0.05, 0) is 55.7 Å². The number of nitrogens with one attached hydrogen (secondary N) is 1. The van der Waals surface area contributed by atoms with Gasteiger partial charge in [0, 0.05) is 13.1 Å². The number of aryl methyl sites for hydroxylation is 1. The molecule has 2 amide bonds. The van der Waals surface area contributed by atoms with Crippen LogP contribution in [-0.2, 0) is 12.8 Å². The first-order valence-electron chi connectivity index (χ1n) is 9.02. The minimum atomic E-state index is 0.0207. The van der Waals surface area contributed by atoms with Crippen molar-refractivity contribution in [3.63, 3.8) is 0 Å². The largest absolute Gasteiger partial charge is 0.491 e. The monoisotopic (exact) mass is 318 g/mol. The molecule has 1 N–H and O–H groups in total. The lowest BCUT2D eigenvalue weighted by atomic mass is 9.91. The zero-order valence-corrected chi connectivity index (χ0v) is 14.6. The first-order chi connectivity index (χ1) is 11.3. The molecule has 0 bridgehead atoms. The van der Waals surface area contributed by atoms with Crippen molar-refractivity contribution >= 4 is 6.03 Å². The van der Waals surface area contributed by atoms with Crippen LogP contribution in [0.1, 0.15) is 50.7 Å². The van der Waals surface area contributed by atoms with E-state index in [2.05, 4.69) is 31.3 Å². The number of amides is 2. The fourth-order valence-corrected chi connectivity index (χ4v) is 3.17. The Morgan fingerprint density at radius 3 is 2.65 bits per heavy atom. The number of urea groups is 1. The molecule has 1 aliphatic carbocycles. The second-order valence-corrected chi connectivity index (χ2v) is 6.17. The average molecular weight is 318 g/mol. The van der Waals surface area contributed by atoms with Gasteiger partial charge in [0.15, 0.2) is 0 Å².